The molecule has 0 radical (unpaired) electrons. The van der Waals surface area contributed by atoms with Crippen molar-refractivity contribution < 1.29 is 24.5 Å². The minimum absolute atomic E-state index is 0.00947. The average molecular weight is 570 g/mol. The lowest BCUT2D eigenvalue weighted by atomic mass is 9.99. The number of benzene rings is 4. The van der Waals surface area contributed by atoms with Gasteiger partial charge in [-0.25, -0.2) is 0 Å². The maximum absolute atomic E-state index is 12.4. The maximum Gasteiger partial charge on any atom is 0.251 e. The molecular formula is C34H35NO5S. The molecule has 0 spiro atoms. The van der Waals surface area contributed by atoms with Crippen LogP contribution >= 0.6 is 11.8 Å². The van der Waals surface area contributed by atoms with Gasteiger partial charge in [0, 0.05) is 35.6 Å². The van der Waals surface area contributed by atoms with Crippen molar-refractivity contribution in [2.24, 2.45) is 0 Å². The van der Waals surface area contributed by atoms with Crippen LogP contribution in [0.2, 0.25) is 0 Å². The molecule has 7 heteroatoms. The van der Waals surface area contributed by atoms with Crippen LogP contribution in [0.15, 0.2) is 103 Å². The monoisotopic (exact) mass is 569 g/mol. The Morgan fingerprint density at radius 1 is 0.805 bits per heavy atom. The van der Waals surface area contributed by atoms with Crippen molar-refractivity contribution in [1.82, 2.24) is 5.32 Å². The molecule has 0 aromatic heterocycles. The molecule has 3 N–H and O–H groups in total. The van der Waals surface area contributed by atoms with Gasteiger partial charge in [0.15, 0.2) is 6.29 Å². The minimum Gasteiger partial charge on any atom is -0.396 e. The summed E-state index contributed by atoms with van der Waals surface area (Å²) in [5, 5.41) is 21.6. The van der Waals surface area contributed by atoms with E-state index in [-0.39, 0.29) is 31.3 Å². The van der Waals surface area contributed by atoms with E-state index in [1.807, 2.05) is 66.7 Å². The largest absolute Gasteiger partial charge is 0.396 e. The van der Waals surface area contributed by atoms with Gasteiger partial charge in [0.25, 0.3) is 5.91 Å². The molecule has 1 aliphatic rings. The first-order valence-electron chi connectivity index (χ1n) is 13.8. The summed E-state index contributed by atoms with van der Waals surface area (Å²) in [6.45, 7) is 0.598. The Balaban J connectivity index is 1.27. The highest BCUT2D eigenvalue weighted by Gasteiger charge is 2.32. The minimum atomic E-state index is -0.514. The summed E-state index contributed by atoms with van der Waals surface area (Å²) in [6.07, 6.45) is 0.0533. The average Bonchev–Trinajstić information content (AvgIpc) is 3.04. The zero-order chi connectivity index (χ0) is 28.4. The smallest absolute Gasteiger partial charge is 0.251 e. The van der Waals surface area contributed by atoms with Gasteiger partial charge in [0.05, 0.1) is 25.4 Å². The van der Waals surface area contributed by atoms with Gasteiger partial charge in [0.1, 0.15) is 0 Å². The second kappa shape index (κ2) is 14.4. The summed E-state index contributed by atoms with van der Waals surface area (Å²) < 4.78 is 12.8. The highest BCUT2D eigenvalue weighted by Crippen LogP contribution is 2.39. The fourth-order valence-electron chi connectivity index (χ4n) is 4.87. The number of rotatable bonds is 11. The molecule has 212 valence electrons. The number of carbonyl (C=O) groups is 1. The molecule has 41 heavy (non-hydrogen) atoms. The Morgan fingerprint density at radius 2 is 1.56 bits per heavy atom. The number of hydrogen-bond acceptors (Lipinski definition) is 6. The molecule has 1 saturated heterocycles. The predicted octanol–water partition coefficient (Wildman–Crippen LogP) is 6.05. The van der Waals surface area contributed by atoms with Crippen molar-refractivity contribution >= 4 is 17.7 Å². The van der Waals surface area contributed by atoms with Crippen LogP contribution in [0.5, 0.6) is 0 Å². The quantitative estimate of drug-likeness (QED) is 0.191. The van der Waals surface area contributed by atoms with Gasteiger partial charge >= 0.3 is 0 Å². The number of ether oxygens (including phenoxy) is 2. The van der Waals surface area contributed by atoms with Crippen LogP contribution in [0.1, 0.15) is 51.4 Å². The van der Waals surface area contributed by atoms with Crippen molar-refractivity contribution in [3.8, 4) is 11.1 Å². The number of hydrogen-bond donors (Lipinski definition) is 3. The molecule has 4 aromatic rings. The van der Waals surface area contributed by atoms with Crippen LogP contribution in [-0.4, -0.2) is 40.3 Å². The fraction of sp³-hybridized carbons (Fsp3) is 0.265. The molecule has 0 aliphatic carbocycles. The summed E-state index contributed by atoms with van der Waals surface area (Å²) in [6, 6.07) is 33.5. The fourth-order valence-corrected chi connectivity index (χ4v) is 5.64. The summed E-state index contributed by atoms with van der Waals surface area (Å²) in [5.74, 6) is 1.35. The van der Waals surface area contributed by atoms with Crippen LogP contribution in [0.4, 0.5) is 0 Å². The van der Waals surface area contributed by atoms with Crippen molar-refractivity contribution in [3.63, 3.8) is 0 Å². The number of aliphatic hydroxyl groups is 2. The lowest BCUT2D eigenvalue weighted by molar-refractivity contribution is -0.245. The van der Waals surface area contributed by atoms with Gasteiger partial charge in [-0.15, -0.1) is 0 Å². The Kier molecular flexibility index (Phi) is 10.2. The van der Waals surface area contributed by atoms with E-state index < -0.39 is 6.29 Å². The molecular weight excluding hydrogens is 534 g/mol. The standard InChI is InChI=1S/C34H35NO5S/c36-17-18-41-23-31-20-32(27-11-9-24(22-37)10-12-27)40-34(39-31)29-15-13-26(14-16-29)30-8-4-5-25(19-30)21-35-33(38)28-6-2-1-3-7-28/h1-16,19,31-32,34,36-37H,17-18,20-23H2,(H,35,38). The van der Waals surface area contributed by atoms with Crippen molar-refractivity contribution in [2.45, 2.75) is 38.1 Å². The van der Waals surface area contributed by atoms with Gasteiger partial charge in [-0.3, -0.25) is 4.79 Å². The third kappa shape index (κ3) is 7.85. The molecule has 0 bridgehead atoms. The van der Waals surface area contributed by atoms with Gasteiger partial charge in [0.2, 0.25) is 0 Å². The highest BCUT2D eigenvalue weighted by molar-refractivity contribution is 7.99. The molecule has 1 fully saturated rings. The Labute approximate surface area is 245 Å². The van der Waals surface area contributed by atoms with Gasteiger partial charge in [-0.05, 0) is 46.0 Å². The van der Waals surface area contributed by atoms with Crippen LogP contribution in [0.25, 0.3) is 11.1 Å². The molecule has 1 aliphatic heterocycles. The topological polar surface area (TPSA) is 88.0 Å². The molecule has 6 nitrogen and oxygen atoms in total. The Hall–Kier alpha value is -3.46. The number of carbonyl (C=O) groups excluding carboxylic acids is 1. The van der Waals surface area contributed by atoms with E-state index >= 15 is 0 Å². The van der Waals surface area contributed by atoms with E-state index in [9.17, 15) is 15.0 Å². The summed E-state index contributed by atoms with van der Waals surface area (Å²) in [7, 11) is 0. The van der Waals surface area contributed by atoms with Gasteiger partial charge < -0.3 is 25.0 Å². The lowest BCUT2D eigenvalue weighted by Crippen LogP contribution is -2.31. The second-order valence-corrected chi connectivity index (χ2v) is 11.2. The van der Waals surface area contributed by atoms with E-state index in [1.54, 1.807) is 23.9 Å². The summed E-state index contributed by atoms with van der Waals surface area (Å²) in [4.78, 5) is 12.4. The predicted molar refractivity (Wildman–Crippen MR) is 162 cm³/mol. The van der Waals surface area contributed by atoms with Crippen molar-refractivity contribution in [1.29, 1.82) is 0 Å². The molecule has 4 aromatic carbocycles. The molecule has 3 unspecified atom stereocenters. The van der Waals surface area contributed by atoms with Crippen LogP contribution in [0, 0.1) is 0 Å². The van der Waals surface area contributed by atoms with Gasteiger partial charge in [-0.2, -0.15) is 11.8 Å². The molecule has 0 saturated carbocycles. The first-order chi connectivity index (χ1) is 20.1. The molecule has 3 atom stereocenters. The van der Waals surface area contributed by atoms with Crippen LogP contribution in [0.3, 0.4) is 0 Å². The number of aliphatic hydroxyl groups excluding tert-OH is 2. The third-order valence-corrected chi connectivity index (χ3v) is 8.17. The van der Waals surface area contributed by atoms with E-state index in [2.05, 4.69) is 29.6 Å². The Bertz CT molecular complexity index is 1400. The molecule has 5 rings (SSSR count). The third-order valence-electron chi connectivity index (χ3n) is 7.09. The zero-order valence-electron chi connectivity index (χ0n) is 22.8. The van der Waals surface area contributed by atoms with Crippen LogP contribution < -0.4 is 5.32 Å². The molecule has 1 heterocycles. The number of amides is 1. The highest BCUT2D eigenvalue weighted by atomic mass is 32.2. The van der Waals surface area contributed by atoms with E-state index in [1.165, 1.54) is 0 Å². The first-order valence-corrected chi connectivity index (χ1v) is 15.0. The number of thioether (sulfide) groups is 1. The van der Waals surface area contributed by atoms with E-state index in [0.717, 1.165) is 45.6 Å². The van der Waals surface area contributed by atoms with Crippen LogP contribution in [-0.2, 0) is 22.6 Å². The van der Waals surface area contributed by atoms with Crippen molar-refractivity contribution in [3.05, 3.63) is 131 Å². The lowest BCUT2D eigenvalue weighted by Gasteiger charge is -2.36. The maximum atomic E-state index is 12.4. The molecule has 1 amide bonds. The number of nitrogens with one attached hydrogen (secondary N) is 1. The SMILES string of the molecule is O=C(NCc1cccc(-c2ccc(C3OC(CSCCO)CC(c4ccc(CO)cc4)O3)cc2)c1)c1ccccc1. The zero-order valence-corrected chi connectivity index (χ0v) is 23.6. The Morgan fingerprint density at radius 3 is 2.29 bits per heavy atom. The first kappa shape index (κ1) is 29.0. The van der Waals surface area contributed by atoms with E-state index in [0.29, 0.717) is 17.9 Å². The summed E-state index contributed by atoms with van der Waals surface area (Å²) in [5.41, 5.74) is 6.65. The van der Waals surface area contributed by atoms with Gasteiger partial charge in [-0.1, -0.05) is 84.9 Å². The normalized spacial score (nSPS) is 18.6. The van der Waals surface area contributed by atoms with E-state index in [4.69, 9.17) is 9.47 Å². The van der Waals surface area contributed by atoms with Crippen molar-refractivity contribution in [2.75, 3.05) is 18.1 Å². The summed E-state index contributed by atoms with van der Waals surface area (Å²) >= 11 is 1.68. The second-order valence-electron chi connectivity index (χ2n) is 10.0.